The summed E-state index contributed by atoms with van der Waals surface area (Å²) in [6.45, 7) is 0. The number of phenolic OH excluding ortho intramolecular Hbond substituents is 1. The molecule has 15 heavy (non-hydrogen) atoms. The Hall–Kier alpha value is -1.68. The van der Waals surface area contributed by atoms with Crippen LogP contribution in [0.4, 0.5) is 4.39 Å². The predicted molar refractivity (Wildman–Crippen MR) is 54.1 cm³/mol. The van der Waals surface area contributed by atoms with E-state index in [0.29, 0.717) is 11.4 Å². The maximum absolute atomic E-state index is 13.0. The van der Waals surface area contributed by atoms with Crippen molar-refractivity contribution in [2.24, 2.45) is 0 Å². The number of benzene rings is 1. The van der Waals surface area contributed by atoms with Crippen molar-refractivity contribution in [1.29, 1.82) is 0 Å². The summed E-state index contributed by atoms with van der Waals surface area (Å²) < 4.78 is 13.0. The molecule has 0 saturated heterocycles. The number of halogens is 2. The molecule has 2 aromatic rings. The lowest BCUT2D eigenvalue weighted by molar-refractivity contribution is 0.432. The highest BCUT2D eigenvalue weighted by Crippen LogP contribution is 2.22. The summed E-state index contributed by atoms with van der Waals surface area (Å²) in [6, 6.07) is 5.45. The molecule has 0 aliphatic heterocycles. The van der Waals surface area contributed by atoms with E-state index in [1.807, 2.05) is 0 Å². The number of aromatic nitrogens is 2. The van der Waals surface area contributed by atoms with Crippen LogP contribution in [0.15, 0.2) is 30.5 Å². The van der Waals surface area contributed by atoms with Crippen LogP contribution in [0.3, 0.4) is 0 Å². The molecular formula is C10H6ClFN2O. The van der Waals surface area contributed by atoms with E-state index in [0.717, 1.165) is 6.07 Å². The largest absolute Gasteiger partial charge is 0.505 e. The third kappa shape index (κ3) is 2.05. The van der Waals surface area contributed by atoms with Gasteiger partial charge in [0.1, 0.15) is 5.15 Å². The Kier molecular flexibility index (Phi) is 2.51. The normalized spacial score (nSPS) is 10.3. The standard InChI is InChI=1S/C10H6ClFN2O/c11-9-3-4-13-10(14-9)6-1-2-8(15)7(12)5-6/h1-5,15H. The average Bonchev–Trinajstić information content (AvgIpc) is 2.22. The molecule has 1 heterocycles. The highest BCUT2D eigenvalue weighted by atomic mass is 35.5. The van der Waals surface area contributed by atoms with Crippen LogP contribution in [-0.4, -0.2) is 15.1 Å². The zero-order chi connectivity index (χ0) is 10.8. The number of rotatable bonds is 1. The molecule has 1 aromatic carbocycles. The van der Waals surface area contributed by atoms with Crippen molar-refractivity contribution in [1.82, 2.24) is 9.97 Å². The Morgan fingerprint density at radius 1 is 1.27 bits per heavy atom. The molecule has 0 saturated carbocycles. The van der Waals surface area contributed by atoms with Crippen molar-refractivity contribution < 1.29 is 9.50 Å². The zero-order valence-electron chi connectivity index (χ0n) is 7.48. The summed E-state index contributed by atoms with van der Waals surface area (Å²) in [5.74, 6) is -0.793. The van der Waals surface area contributed by atoms with Gasteiger partial charge >= 0.3 is 0 Å². The molecule has 0 radical (unpaired) electrons. The van der Waals surface area contributed by atoms with E-state index < -0.39 is 11.6 Å². The summed E-state index contributed by atoms with van der Waals surface area (Å²) in [7, 11) is 0. The summed E-state index contributed by atoms with van der Waals surface area (Å²) in [5.41, 5.74) is 0.466. The van der Waals surface area contributed by atoms with E-state index in [2.05, 4.69) is 9.97 Å². The van der Waals surface area contributed by atoms with E-state index in [-0.39, 0.29) is 5.15 Å². The van der Waals surface area contributed by atoms with E-state index in [1.54, 1.807) is 0 Å². The molecule has 0 bridgehead atoms. The molecule has 0 amide bonds. The lowest BCUT2D eigenvalue weighted by atomic mass is 10.2. The van der Waals surface area contributed by atoms with E-state index in [4.69, 9.17) is 16.7 Å². The number of hydrogen-bond donors (Lipinski definition) is 1. The van der Waals surface area contributed by atoms with Gasteiger partial charge in [0.2, 0.25) is 0 Å². The van der Waals surface area contributed by atoms with Gasteiger partial charge < -0.3 is 5.11 Å². The summed E-state index contributed by atoms with van der Waals surface area (Å²) in [6.07, 6.45) is 1.48. The second kappa shape index (κ2) is 3.82. The van der Waals surface area contributed by atoms with Gasteiger partial charge in [-0.1, -0.05) is 11.6 Å². The van der Waals surface area contributed by atoms with Crippen LogP contribution in [0, 0.1) is 5.82 Å². The van der Waals surface area contributed by atoms with Crippen molar-refractivity contribution in [3.05, 3.63) is 41.4 Å². The summed E-state index contributed by atoms with van der Waals surface area (Å²) in [4.78, 5) is 7.86. The molecule has 0 aliphatic carbocycles. The lowest BCUT2D eigenvalue weighted by Crippen LogP contribution is -1.89. The Labute approximate surface area is 90.2 Å². The average molecular weight is 225 g/mol. The molecule has 0 unspecified atom stereocenters. The monoisotopic (exact) mass is 224 g/mol. The maximum Gasteiger partial charge on any atom is 0.165 e. The molecule has 0 aliphatic rings. The Bertz CT molecular complexity index is 505. The van der Waals surface area contributed by atoms with Gasteiger partial charge in [0.05, 0.1) is 0 Å². The fraction of sp³-hybridized carbons (Fsp3) is 0. The van der Waals surface area contributed by atoms with Crippen molar-refractivity contribution in [3.63, 3.8) is 0 Å². The number of hydrogen-bond acceptors (Lipinski definition) is 3. The minimum Gasteiger partial charge on any atom is -0.505 e. The fourth-order valence-corrected chi connectivity index (χ4v) is 1.26. The lowest BCUT2D eigenvalue weighted by Gasteiger charge is -2.01. The first-order valence-electron chi connectivity index (χ1n) is 4.14. The van der Waals surface area contributed by atoms with E-state index >= 15 is 0 Å². The zero-order valence-corrected chi connectivity index (χ0v) is 8.24. The highest BCUT2D eigenvalue weighted by molar-refractivity contribution is 6.29. The SMILES string of the molecule is Oc1ccc(-c2nccc(Cl)n2)cc1F. The minimum absolute atomic E-state index is 0.286. The molecule has 5 heteroatoms. The van der Waals surface area contributed by atoms with Crippen molar-refractivity contribution >= 4 is 11.6 Å². The van der Waals surface area contributed by atoms with E-state index in [1.165, 1.54) is 24.4 Å². The van der Waals surface area contributed by atoms with Gasteiger partial charge in [0.15, 0.2) is 17.4 Å². The first-order chi connectivity index (χ1) is 7.16. The third-order valence-corrected chi connectivity index (χ3v) is 2.04. The van der Waals surface area contributed by atoms with Crippen LogP contribution >= 0.6 is 11.6 Å². The van der Waals surface area contributed by atoms with Gasteiger partial charge in [-0.2, -0.15) is 0 Å². The number of nitrogens with zero attached hydrogens (tertiary/aromatic N) is 2. The van der Waals surface area contributed by atoms with Gasteiger partial charge in [0.25, 0.3) is 0 Å². The Morgan fingerprint density at radius 3 is 2.73 bits per heavy atom. The van der Waals surface area contributed by atoms with Gasteiger partial charge in [0, 0.05) is 11.8 Å². The first kappa shape index (κ1) is 9.86. The van der Waals surface area contributed by atoms with Gasteiger partial charge in [-0.3, -0.25) is 0 Å². The predicted octanol–water partition coefficient (Wildman–Crippen LogP) is 2.64. The quantitative estimate of drug-likeness (QED) is 0.758. The maximum atomic E-state index is 13.0. The molecular weight excluding hydrogens is 219 g/mol. The van der Waals surface area contributed by atoms with Crippen LogP contribution in [0.1, 0.15) is 0 Å². The smallest absolute Gasteiger partial charge is 0.165 e. The molecule has 1 N–H and O–H groups in total. The van der Waals surface area contributed by atoms with Crippen molar-refractivity contribution in [3.8, 4) is 17.1 Å². The highest BCUT2D eigenvalue weighted by Gasteiger charge is 2.06. The van der Waals surface area contributed by atoms with Crippen LogP contribution in [-0.2, 0) is 0 Å². The van der Waals surface area contributed by atoms with Crippen LogP contribution in [0.25, 0.3) is 11.4 Å². The van der Waals surface area contributed by atoms with Gasteiger partial charge in [-0.05, 0) is 24.3 Å². The Balaban J connectivity index is 2.50. The Morgan fingerprint density at radius 2 is 2.07 bits per heavy atom. The fourth-order valence-electron chi connectivity index (χ4n) is 1.12. The number of aromatic hydroxyl groups is 1. The molecule has 0 spiro atoms. The topological polar surface area (TPSA) is 46.0 Å². The molecule has 0 atom stereocenters. The van der Waals surface area contributed by atoms with Crippen molar-refractivity contribution in [2.75, 3.05) is 0 Å². The first-order valence-corrected chi connectivity index (χ1v) is 4.52. The third-order valence-electron chi connectivity index (χ3n) is 1.83. The molecule has 0 fully saturated rings. The van der Waals surface area contributed by atoms with Crippen LogP contribution in [0.5, 0.6) is 5.75 Å². The van der Waals surface area contributed by atoms with Crippen LogP contribution < -0.4 is 0 Å². The van der Waals surface area contributed by atoms with E-state index in [9.17, 15) is 4.39 Å². The number of phenols is 1. The second-order valence-corrected chi connectivity index (χ2v) is 3.26. The second-order valence-electron chi connectivity index (χ2n) is 2.87. The summed E-state index contributed by atoms with van der Waals surface area (Å²) in [5, 5.41) is 9.29. The van der Waals surface area contributed by atoms with Crippen molar-refractivity contribution in [2.45, 2.75) is 0 Å². The molecule has 2 rings (SSSR count). The molecule has 1 aromatic heterocycles. The van der Waals surface area contributed by atoms with Gasteiger partial charge in [-0.25, -0.2) is 14.4 Å². The molecule has 76 valence electrons. The minimum atomic E-state index is -0.712. The van der Waals surface area contributed by atoms with Gasteiger partial charge in [-0.15, -0.1) is 0 Å². The molecule has 3 nitrogen and oxygen atoms in total. The summed E-state index contributed by atoms with van der Waals surface area (Å²) >= 11 is 5.67. The van der Waals surface area contributed by atoms with Crippen LogP contribution in [0.2, 0.25) is 5.15 Å².